The van der Waals surface area contributed by atoms with Crippen molar-refractivity contribution in [2.45, 2.75) is 6.92 Å². The number of nitrogens with zero attached hydrogens (tertiary/aromatic N) is 5. The van der Waals surface area contributed by atoms with Crippen molar-refractivity contribution >= 4 is 44.6 Å². The zero-order valence-electron chi connectivity index (χ0n) is 19.5. The standard InChI is InChI=1S/C22H19F2N7O3S.Li/c1-3-25-21(34)30-22-29-18-16(24)12(11-8-27-20(28-9-11)31(2)10-15(32)33)7-13(19(18)35-22)17-14(23)5-4-6-26-17;/h4-9H,3,10H2,1-2H3,(H,32,33)(H2,25,29,30,34);/q;+1/p-1. The number of urea groups is 1. The summed E-state index contributed by atoms with van der Waals surface area (Å²) in [5.41, 5.74) is 0.449. The van der Waals surface area contributed by atoms with Gasteiger partial charge in [0.1, 0.15) is 17.0 Å². The maximum atomic E-state index is 15.6. The molecular weight excluding hydrogens is 487 g/mol. The van der Waals surface area contributed by atoms with E-state index >= 15 is 4.39 Å². The van der Waals surface area contributed by atoms with Gasteiger partial charge in [-0.05, 0) is 25.1 Å². The van der Waals surface area contributed by atoms with Crippen molar-refractivity contribution in [3.8, 4) is 22.4 Å². The summed E-state index contributed by atoms with van der Waals surface area (Å²) in [4.78, 5) is 40.5. The van der Waals surface area contributed by atoms with Crippen molar-refractivity contribution in [2.24, 2.45) is 0 Å². The quantitative estimate of drug-likeness (QED) is 0.319. The van der Waals surface area contributed by atoms with E-state index in [9.17, 15) is 19.1 Å². The number of hydrogen-bond acceptors (Lipinski definition) is 9. The molecule has 3 aromatic heterocycles. The van der Waals surface area contributed by atoms with Crippen LogP contribution in [0.3, 0.4) is 0 Å². The predicted molar refractivity (Wildman–Crippen MR) is 125 cm³/mol. The van der Waals surface area contributed by atoms with Crippen molar-refractivity contribution in [1.29, 1.82) is 0 Å². The number of rotatable bonds is 7. The fourth-order valence-electron chi connectivity index (χ4n) is 3.30. The molecule has 0 fully saturated rings. The Kier molecular flexibility index (Phi) is 8.52. The second-order valence-electron chi connectivity index (χ2n) is 7.30. The smallest absolute Gasteiger partial charge is 0.548 e. The van der Waals surface area contributed by atoms with E-state index in [1.54, 1.807) is 6.92 Å². The number of halogens is 2. The van der Waals surface area contributed by atoms with Crippen LogP contribution >= 0.6 is 11.3 Å². The third-order valence-electron chi connectivity index (χ3n) is 4.83. The third kappa shape index (κ3) is 5.59. The Morgan fingerprint density at radius 2 is 1.89 bits per heavy atom. The van der Waals surface area contributed by atoms with Gasteiger partial charge in [-0.3, -0.25) is 10.3 Å². The van der Waals surface area contributed by atoms with E-state index < -0.39 is 30.2 Å². The largest absolute Gasteiger partial charge is 1.00 e. The molecule has 0 aliphatic carbocycles. The summed E-state index contributed by atoms with van der Waals surface area (Å²) in [6.45, 7) is 1.70. The molecule has 1 aromatic carbocycles. The summed E-state index contributed by atoms with van der Waals surface area (Å²) < 4.78 is 30.6. The number of carboxylic acids is 1. The summed E-state index contributed by atoms with van der Waals surface area (Å²) in [7, 11) is 1.47. The molecule has 14 heteroatoms. The number of likely N-dealkylation sites (N-methyl/N-ethyl adjacent to an activating group) is 1. The van der Waals surface area contributed by atoms with Gasteiger partial charge in [0.2, 0.25) is 5.95 Å². The number of carbonyl (C=O) groups is 2. The number of thiazole rings is 1. The Labute approximate surface area is 220 Å². The number of pyridine rings is 1. The summed E-state index contributed by atoms with van der Waals surface area (Å²) in [5.74, 6) is -2.55. The monoisotopic (exact) mass is 505 g/mol. The van der Waals surface area contributed by atoms with Crippen molar-refractivity contribution < 1.29 is 42.3 Å². The third-order valence-corrected chi connectivity index (χ3v) is 5.84. The maximum Gasteiger partial charge on any atom is 1.00 e. The van der Waals surface area contributed by atoms with Crippen LogP contribution in [0, 0.1) is 11.6 Å². The first-order valence-corrected chi connectivity index (χ1v) is 11.1. The summed E-state index contributed by atoms with van der Waals surface area (Å²) in [5, 5.41) is 16.0. The summed E-state index contributed by atoms with van der Waals surface area (Å²) in [6.07, 6.45) is 4.04. The zero-order chi connectivity index (χ0) is 25.1. The molecule has 10 nitrogen and oxygen atoms in total. The van der Waals surface area contributed by atoms with Gasteiger partial charge in [0.15, 0.2) is 10.9 Å². The molecule has 0 aliphatic rings. The van der Waals surface area contributed by atoms with Crippen LogP contribution in [0.5, 0.6) is 0 Å². The predicted octanol–water partition coefficient (Wildman–Crippen LogP) is -0.575. The molecule has 180 valence electrons. The van der Waals surface area contributed by atoms with E-state index in [0.29, 0.717) is 11.2 Å². The van der Waals surface area contributed by atoms with Gasteiger partial charge >= 0.3 is 24.9 Å². The molecule has 0 unspecified atom stereocenters. The molecule has 36 heavy (non-hydrogen) atoms. The Hall–Kier alpha value is -3.66. The van der Waals surface area contributed by atoms with Crippen LogP contribution in [0.1, 0.15) is 6.92 Å². The number of anilines is 2. The Balaban J connectivity index is 0.00000361. The first-order valence-electron chi connectivity index (χ1n) is 10.3. The van der Waals surface area contributed by atoms with Crippen LogP contribution in [0.25, 0.3) is 32.6 Å². The van der Waals surface area contributed by atoms with E-state index in [2.05, 4.69) is 30.6 Å². The van der Waals surface area contributed by atoms with Crippen LogP contribution in [0.2, 0.25) is 0 Å². The van der Waals surface area contributed by atoms with Crippen molar-refractivity contribution in [3.63, 3.8) is 0 Å². The Morgan fingerprint density at radius 1 is 1.17 bits per heavy atom. The normalized spacial score (nSPS) is 10.6. The van der Waals surface area contributed by atoms with Gasteiger partial charge in [-0.25, -0.2) is 28.5 Å². The summed E-state index contributed by atoms with van der Waals surface area (Å²) >= 11 is 0.983. The fraction of sp³-hybridized carbons (Fsp3) is 0.182. The molecule has 0 aliphatic heterocycles. The second-order valence-corrected chi connectivity index (χ2v) is 8.30. The van der Waals surface area contributed by atoms with Gasteiger partial charge in [0, 0.05) is 48.9 Å². The van der Waals surface area contributed by atoms with Gasteiger partial charge < -0.3 is 20.1 Å². The van der Waals surface area contributed by atoms with Gasteiger partial charge in [-0.1, -0.05) is 11.3 Å². The van der Waals surface area contributed by atoms with Gasteiger partial charge in [-0.2, -0.15) is 0 Å². The molecule has 0 spiro atoms. The number of hydrogen-bond donors (Lipinski definition) is 2. The zero-order valence-corrected chi connectivity index (χ0v) is 20.3. The van der Waals surface area contributed by atoms with Crippen LogP contribution in [-0.2, 0) is 4.79 Å². The molecule has 4 rings (SSSR count). The average molecular weight is 505 g/mol. The molecular formula is C22H18F2LiN7O3S. The number of benzene rings is 1. The van der Waals surface area contributed by atoms with Gasteiger partial charge in [0.05, 0.1) is 17.2 Å². The van der Waals surface area contributed by atoms with Crippen LogP contribution < -0.4 is 39.5 Å². The number of carbonyl (C=O) groups excluding carboxylic acids is 2. The summed E-state index contributed by atoms with van der Waals surface area (Å²) in [6, 6.07) is 3.57. The molecule has 4 aromatic rings. The van der Waals surface area contributed by atoms with Crippen LogP contribution in [-0.4, -0.2) is 52.1 Å². The molecule has 0 saturated heterocycles. The van der Waals surface area contributed by atoms with Crippen LogP contribution in [0.4, 0.5) is 24.7 Å². The van der Waals surface area contributed by atoms with Crippen molar-refractivity contribution in [1.82, 2.24) is 25.3 Å². The van der Waals surface area contributed by atoms with Crippen molar-refractivity contribution in [3.05, 3.63) is 48.4 Å². The molecule has 0 saturated carbocycles. The first-order chi connectivity index (χ1) is 16.8. The minimum Gasteiger partial charge on any atom is -0.548 e. The number of aliphatic carboxylic acids is 1. The Bertz CT molecular complexity index is 1420. The van der Waals surface area contributed by atoms with E-state index in [4.69, 9.17) is 0 Å². The number of carboxylic acid groups (broad SMARTS) is 1. The van der Waals surface area contributed by atoms with Crippen molar-refractivity contribution in [2.75, 3.05) is 30.4 Å². The number of aromatic nitrogens is 4. The first kappa shape index (κ1) is 26.9. The molecule has 0 radical (unpaired) electrons. The van der Waals surface area contributed by atoms with E-state index in [1.165, 1.54) is 48.7 Å². The number of nitrogens with one attached hydrogen (secondary N) is 2. The second kappa shape index (κ2) is 11.4. The topological polar surface area (TPSA) is 136 Å². The molecule has 2 amide bonds. The minimum absolute atomic E-state index is 0. The maximum absolute atomic E-state index is 15.6. The SMILES string of the molecule is CCNC(=O)Nc1nc2c(F)c(-c3cnc(N(C)CC(=O)[O-])nc3)cc(-c3ncccc3F)c2s1.[Li+]. The average Bonchev–Trinajstić information content (AvgIpc) is 3.24. The minimum atomic E-state index is -1.31. The van der Waals surface area contributed by atoms with E-state index in [0.717, 1.165) is 11.3 Å². The number of fused-ring (bicyclic) bond motifs is 1. The Morgan fingerprint density at radius 3 is 2.53 bits per heavy atom. The van der Waals surface area contributed by atoms with E-state index in [-0.39, 0.29) is 57.8 Å². The van der Waals surface area contributed by atoms with Gasteiger partial charge in [0.25, 0.3) is 0 Å². The van der Waals surface area contributed by atoms with E-state index in [1.807, 2.05) is 0 Å². The molecule has 3 heterocycles. The van der Waals surface area contributed by atoms with Gasteiger partial charge in [-0.15, -0.1) is 0 Å². The molecule has 2 N–H and O–H groups in total. The molecule has 0 bridgehead atoms. The fourth-order valence-corrected chi connectivity index (χ4v) is 4.27. The molecule has 0 atom stereocenters. The number of amides is 2. The van der Waals surface area contributed by atoms with Crippen LogP contribution in [0.15, 0.2) is 36.8 Å².